The number of alkyl halides is 3. The lowest BCUT2D eigenvalue weighted by Gasteiger charge is -2.37. The minimum atomic E-state index is -4.78. The van der Waals surface area contributed by atoms with E-state index in [1.54, 1.807) is 12.1 Å². The van der Waals surface area contributed by atoms with E-state index in [2.05, 4.69) is 91.5 Å². The molecule has 1 aromatic heterocycles. The van der Waals surface area contributed by atoms with Crippen LogP contribution in [0, 0.1) is 13.8 Å². The van der Waals surface area contributed by atoms with Crippen molar-refractivity contribution in [2.24, 2.45) is 0 Å². The number of halogens is 5. The summed E-state index contributed by atoms with van der Waals surface area (Å²) in [5.74, 6) is 0.524. The van der Waals surface area contributed by atoms with Crippen molar-refractivity contribution in [2.45, 2.75) is 77.8 Å². The van der Waals surface area contributed by atoms with Gasteiger partial charge in [-0.1, -0.05) is 88.9 Å². The number of ether oxygens (including phenoxy) is 2. The standard InChI is InChI=1S/C52H57Cl2F3N6O3/c1-36-27-37(2)29-40(28-36)35-65-42-12-7-38(8-13-42)31-60-51(17-20-58-21-18-51)50(64)59-19-4-22-63-34-45(41-10-14-43(15-11-41)66-52(55,56)57)44-30-39(9-16-49(44)63)32-61-23-25-62(26-24-61)33-46-47(53)5-3-6-48(46)54/h3,5-16,27-30,34,58,60H,4,17-26,31-33,35H2,1-2H3,(H,59,64). The molecule has 9 nitrogen and oxygen atoms in total. The second kappa shape index (κ2) is 21.3. The van der Waals surface area contributed by atoms with Crippen LogP contribution in [0.15, 0.2) is 109 Å². The van der Waals surface area contributed by atoms with Crippen LogP contribution in [0.5, 0.6) is 11.5 Å². The van der Waals surface area contributed by atoms with Gasteiger partial charge in [0, 0.05) is 97.2 Å². The number of benzene rings is 5. The predicted octanol–water partition coefficient (Wildman–Crippen LogP) is 10.4. The molecule has 5 aromatic carbocycles. The monoisotopic (exact) mass is 940 g/mol. The van der Waals surface area contributed by atoms with Gasteiger partial charge in [-0.05, 0) is 117 Å². The Morgan fingerprint density at radius 1 is 0.773 bits per heavy atom. The first-order valence-corrected chi connectivity index (χ1v) is 23.4. The third-order valence-corrected chi connectivity index (χ3v) is 13.4. The van der Waals surface area contributed by atoms with Crippen molar-refractivity contribution in [3.63, 3.8) is 0 Å². The number of fused-ring (bicyclic) bond motifs is 1. The topological polar surface area (TPSA) is 83.0 Å². The average Bonchev–Trinajstić information content (AvgIpc) is 3.65. The summed E-state index contributed by atoms with van der Waals surface area (Å²) in [5.41, 5.74) is 8.73. The van der Waals surface area contributed by atoms with Gasteiger partial charge in [-0.2, -0.15) is 0 Å². The van der Waals surface area contributed by atoms with Crippen LogP contribution in [0.4, 0.5) is 13.2 Å². The largest absolute Gasteiger partial charge is 0.573 e. The Hall–Kier alpha value is -5.08. The Balaban J connectivity index is 0.899. The fourth-order valence-electron chi connectivity index (χ4n) is 9.22. The lowest BCUT2D eigenvalue weighted by atomic mass is 9.87. The molecule has 2 fully saturated rings. The van der Waals surface area contributed by atoms with Gasteiger partial charge in [-0.15, -0.1) is 13.2 Å². The van der Waals surface area contributed by atoms with E-state index in [1.807, 2.05) is 42.5 Å². The van der Waals surface area contributed by atoms with E-state index in [1.165, 1.54) is 23.3 Å². The van der Waals surface area contributed by atoms with Crippen LogP contribution >= 0.6 is 23.2 Å². The van der Waals surface area contributed by atoms with Crippen molar-refractivity contribution in [1.29, 1.82) is 0 Å². The van der Waals surface area contributed by atoms with E-state index in [4.69, 9.17) is 27.9 Å². The van der Waals surface area contributed by atoms with E-state index >= 15 is 0 Å². The number of rotatable bonds is 17. The molecule has 0 bridgehead atoms. The van der Waals surface area contributed by atoms with Crippen molar-refractivity contribution in [3.8, 4) is 22.6 Å². The quantitative estimate of drug-likeness (QED) is 0.0786. The van der Waals surface area contributed by atoms with Gasteiger partial charge < -0.3 is 24.7 Å². The molecule has 3 heterocycles. The molecule has 0 spiro atoms. The van der Waals surface area contributed by atoms with Crippen molar-refractivity contribution in [2.75, 3.05) is 45.8 Å². The predicted molar refractivity (Wildman–Crippen MR) is 257 cm³/mol. The molecule has 6 aromatic rings. The summed E-state index contributed by atoms with van der Waals surface area (Å²) >= 11 is 12.9. The highest BCUT2D eigenvalue weighted by Crippen LogP contribution is 2.34. The summed E-state index contributed by atoms with van der Waals surface area (Å²) in [7, 11) is 0. The molecule has 2 aliphatic rings. The molecular formula is C52H57Cl2F3N6O3. The molecule has 0 unspecified atom stereocenters. The maximum absolute atomic E-state index is 14.0. The number of piperidine rings is 1. The number of aromatic nitrogens is 1. The molecule has 1 amide bonds. The third-order valence-electron chi connectivity index (χ3n) is 12.7. The van der Waals surface area contributed by atoms with Crippen LogP contribution in [0.25, 0.3) is 22.0 Å². The van der Waals surface area contributed by atoms with Crippen LogP contribution < -0.4 is 25.4 Å². The smallest absolute Gasteiger partial charge is 0.489 e. The van der Waals surface area contributed by atoms with Gasteiger partial charge in [-0.25, -0.2) is 0 Å². The Morgan fingerprint density at radius 3 is 2.08 bits per heavy atom. The van der Waals surface area contributed by atoms with Gasteiger partial charge in [0.05, 0.1) is 0 Å². The number of carbonyl (C=O) groups is 1. The highest BCUT2D eigenvalue weighted by molar-refractivity contribution is 6.36. The minimum absolute atomic E-state index is 0.00485. The summed E-state index contributed by atoms with van der Waals surface area (Å²) < 4.78 is 51.5. The van der Waals surface area contributed by atoms with E-state index < -0.39 is 11.9 Å². The zero-order valence-electron chi connectivity index (χ0n) is 37.5. The molecule has 0 atom stereocenters. The number of amides is 1. The second-order valence-electron chi connectivity index (χ2n) is 17.6. The molecular weight excluding hydrogens is 885 g/mol. The highest BCUT2D eigenvalue weighted by Gasteiger charge is 2.39. The number of hydrogen-bond donors (Lipinski definition) is 3. The van der Waals surface area contributed by atoms with Crippen LogP contribution in [0.1, 0.15) is 52.6 Å². The molecule has 0 radical (unpaired) electrons. The number of piperazine rings is 1. The minimum Gasteiger partial charge on any atom is -0.489 e. The molecule has 66 heavy (non-hydrogen) atoms. The summed E-state index contributed by atoms with van der Waals surface area (Å²) in [6.45, 7) is 12.8. The lowest BCUT2D eigenvalue weighted by Crippen LogP contribution is -2.61. The third kappa shape index (κ3) is 12.3. The second-order valence-corrected chi connectivity index (χ2v) is 18.5. The van der Waals surface area contributed by atoms with Crippen molar-refractivity contribution >= 4 is 40.0 Å². The van der Waals surface area contributed by atoms with E-state index in [-0.39, 0.29) is 11.7 Å². The van der Waals surface area contributed by atoms with Crippen LogP contribution in [0.3, 0.4) is 0 Å². The summed E-state index contributed by atoms with van der Waals surface area (Å²) in [6.07, 6.45) is -0.697. The highest BCUT2D eigenvalue weighted by atomic mass is 35.5. The first-order chi connectivity index (χ1) is 31.8. The average molecular weight is 942 g/mol. The van der Waals surface area contributed by atoms with Crippen molar-refractivity contribution < 1.29 is 27.4 Å². The zero-order chi connectivity index (χ0) is 46.3. The van der Waals surface area contributed by atoms with Crippen LogP contribution in [-0.2, 0) is 37.6 Å². The molecule has 2 aliphatic heterocycles. The molecule has 8 rings (SSSR count). The maximum Gasteiger partial charge on any atom is 0.573 e. The zero-order valence-corrected chi connectivity index (χ0v) is 39.0. The number of nitrogens with one attached hydrogen (secondary N) is 3. The van der Waals surface area contributed by atoms with Gasteiger partial charge in [0.1, 0.15) is 23.6 Å². The van der Waals surface area contributed by atoms with Gasteiger partial charge in [-0.3, -0.25) is 19.9 Å². The van der Waals surface area contributed by atoms with Gasteiger partial charge in [0.15, 0.2) is 0 Å². The Morgan fingerprint density at radius 2 is 1.41 bits per heavy atom. The van der Waals surface area contributed by atoms with Crippen molar-refractivity contribution in [3.05, 3.63) is 153 Å². The Kier molecular flexibility index (Phi) is 15.3. The summed E-state index contributed by atoms with van der Waals surface area (Å²) in [6, 6.07) is 32.6. The lowest BCUT2D eigenvalue weighted by molar-refractivity contribution is -0.274. The molecule has 348 valence electrons. The first-order valence-electron chi connectivity index (χ1n) is 22.7. The van der Waals surface area contributed by atoms with Gasteiger partial charge in [0.25, 0.3) is 0 Å². The summed E-state index contributed by atoms with van der Waals surface area (Å²) in [5, 5.41) is 12.6. The Bertz CT molecular complexity index is 2550. The van der Waals surface area contributed by atoms with Gasteiger partial charge in [0.2, 0.25) is 5.91 Å². The van der Waals surface area contributed by atoms with Crippen LogP contribution in [-0.4, -0.2) is 78.0 Å². The SMILES string of the molecule is Cc1cc(C)cc(COc2ccc(CNC3(C(=O)NCCCn4cc(-c5ccc(OC(F)(F)F)cc5)c5cc(CN6CCN(Cc7c(Cl)cccc7Cl)CC6)ccc54)CCNCC3)cc2)c1. The van der Waals surface area contributed by atoms with Gasteiger partial charge >= 0.3 is 6.36 Å². The normalized spacial score (nSPS) is 15.8. The van der Waals surface area contributed by atoms with E-state index in [0.717, 1.165) is 95.8 Å². The maximum atomic E-state index is 14.0. The van der Waals surface area contributed by atoms with E-state index in [9.17, 15) is 18.0 Å². The molecule has 0 saturated carbocycles. The number of nitrogens with zero attached hydrogens (tertiary/aromatic N) is 3. The fraction of sp³-hybridized carbons (Fsp3) is 0.365. The summed E-state index contributed by atoms with van der Waals surface area (Å²) in [4.78, 5) is 18.8. The molecule has 0 aliphatic carbocycles. The number of aryl methyl sites for hydroxylation is 3. The van der Waals surface area contributed by atoms with Crippen LogP contribution in [0.2, 0.25) is 10.0 Å². The molecule has 14 heteroatoms. The van der Waals surface area contributed by atoms with E-state index in [0.29, 0.717) is 62.1 Å². The first kappa shape index (κ1) is 47.4. The number of hydrogen-bond acceptors (Lipinski definition) is 7. The number of carbonyl (C=O) groups excluding carboxylic acids is 1. The van der Waals surface area contributed by atoms with Crippen molar-refractivity contribution in [1.82, 2.24) is 30.3 Å². The molecule has 2 saturated heterocycles. The Labute approximate surface area is 395 Å². The fourth-order valence-corrected chi connectivity index (χ4v) is 9.73. The molecule has 3 N–H and O–H groups in total.